The van der Waals surface area contributed by atoms with Gasteiger partial charge in [-0.05, 0) is 24.6 Å². The van der Waals surface area contributed by atoms with Gasteiger partial charge in [0.05, 0.1) is 5.69 Å². The maximum Gasteiger partial charge on any atom is 0.187 e. The minimum Gasteiger partial charge on any atom is -0.332 e. The zero-order valence-electron chi connectivity index (χ0n) is 8.53. The number of nitrogens with zero attached hydrogens (tertiary/aromatic N) is 1. The second-order valence-electron chi connectivity index (χ2n) is 3.32. The Hall–Kier alpha value is -1.39. The molecule has 2 rings (SSSR count). The number of nitrogens with two attached hydrogens (primary N) is 1. The molecule has 3 N–H and O–H groups in total. The first-order valence-electron chi connectivity index (χ1n) is 4.76. The first kappa shape index (κ1) is 10.1. The third kappa shape index (κ3) is 2.55. The third-order valence-corrected chi connectivity index (χ3v) is 2.94. The maximum atomic E-state index is 5.53. The summed E-state index contributed by atoms with van der Waals surface area (Å²) in [5.41, 5.74) is 8.75. The Bertz CT molecular complexity index is 433. The normalized spacial score (nSPS) is 10.3. The van der Waals surface area contributed by atoms with Gasteiger partial charge in [-0.15, -0.1) is 11.3 Å². The van der Waals surface area contributed by atoms with E-state index in [4.69, 9.17) is 5.73 Å². The van der Waals surface area contributed by atoms with E-state index in [-0.39, 0.29) is 0 Å². The zero-order valence-corrected chi connectivity index (χ0v) is 9.34. The van der Waals surface area contributed by atoms with Crippen LogP contribution >= 0.6 is 11.3 Å². The van der Waals surface area contributed by atoms with Gasteiger partial charge in [0.2, 0.25) is 0 Å². The molecule has 15 heavy (non-hydrogen) atoms. The molecule has 0 bridgehead atoms. The molecule has 0 aliphatic carbocycles. The van der Waals surface area contributed by atoms with Crippen molar-refractivity contribution in [3.05, 3.63) is 40.9 Å². The van der Waals surface area contributed by atoms with E-state index in [1.54, 1.807) is 11.3 Å². The summed E-state index contributed by atoms with van der Waals surface area (Å²) in [6.45, 7) is 2.57. The van der Waals surface area contributed by atoms with Gasteiger partial charge in [0, 0.05) is 17.6 Å². The molecular formula is C11H13N3S. The number of anilines is 2. The molecule has 0 saturated carbocycles. The SMILES string of the molecule is Cc1csc(Nc2ccc(CN)cc2)n1. The highest BCUT2D eigenvalue weighted by atomic mass is 32.1. The van der Waals surface area contributed by atoms with Gasteiger partial charge in [0.1, 0.15) is 0 Å². The van der Waals surface area contributed by atoms with E-state index >= 15 is 0 Å². The van der Waals surface area contributed by atoms with Crippen LogP contribution in [-0.4, -0.2) is 4.98 Å². The van der Waals surface area contributed by atoms with Gasteiger partial charge in [-0.2, -0.15) is 0 Å². The van der Waals surface area contributed by atoms with Crippen LogP contribution < -0.4 is 11.1 Å². The summed E-state index contributed by atoms with van der Waals surface area (Å²) in [4.78, 5) is 4.33. The second-order valence-corrected chi connectivity index (χ2v) is 4.18. The highest BCUT2D eigenvalue weighted by Crippen LogP contribution is 2.20. The molecule has 0 unspecified atom stereocenters. The lowest BCUT2D eigenvalue weighted by Crippen LogP contribution is -1.96. The zero-order chi connectivity index (χ0) is 10.7. The van der Waals surface area contributed by atoms with Crippen LogP contribution in [0.1, 0.15) is 11.3 Å². The molecule has 0 spiro atoms. The predicted octanol–water partition coefficient (Wildman–Crippen LogP) is 2.65. The predicted molar refractivity (Wildman–Crippen MR) is 64.5 cm³/mol. The molecule has 1 aromatic heterocycles. The molecule has 2 aromatic rings. The first-order chi connectivity index (χ1) is 7.28. The van der Waals surface area contributed by atoms with Crippen LogP contribution in [0.4, 0.5) is 10.8 Å². The van der Waals surface area contributed by atoms with Crippen molar-refractivity contribution < 1.29 is 0 Å². The summed E-state index contributed by atoms with van der Waals surface area (Å²) >= 11 is 1.61. The molecule has 3 nitrogen and oxygen atoms in total. The van der Waals surface area contributed by atoms with Gasteiger partial charge >= 0.3 is 0 Å². The van der Waals surface area contributed by atoms with Crippen LogP contribution in [0.2, 0.25) is 0 Å². The lowest BCUT2D eigenvalue weighted by Gasteiger charge is -2.03. The summed E-state index contributed by atoms with van der Waals surface area (Å²) in [5, 5.41) is 6.19. The van der Waals surface area contributed by atoms with Crippen LogP contribution in [-0.2, 0) is 6.54 Å². The first-order valence-corrected chi connectivity index (χ1v) is 5.64. The molecule has 0 aliphatic heterocycles. The van der Waals surface area contributed by atoms with Crippen molar-refractivity contribution in [3.63, 3.8) is 0 Å². The Morgan fingerprint density at radius 2 is 2.07 bits per heavy atom. The molecule has 1 aromatic carbocycles. The van der Waals surface area contributed by atoms with Crippen molar-refractivity contribution >= 4 is 22.2 Å². The quantitative estimate of drug-likeness (QED) is 0.834. The standard InChI is InChI=1S/C11H13N3S/c1-8-7-15-11(13-8)14-10-4-2-9(6-12)3-5-10/h2-5,7H,6,12H2,1H3,(H,13,14). The van der Waals surface area contributed by atoms with E-state index in [1.165, 1.54) is 0 Å². The van der Waals surface area contributed by atoms with Gasteiger partial charge in [0.15, 0.2) is 5.13 Å². The van der Waals surface area contributed by atoms with Crippen molar-refractivity contribution in [2.45, 2.75) is 13.5 Å². The Labute approximate surface area is 93.0 Å². The fourth-order valence-electron chi connectivity index (χ4n) is 1.26. The third-order valence-electron chi connectivity index (χ3n) is 2.06. The highest BCUT2D eigenvalue weighted by Gasteiger charge is 1.98. The van der Waals surface area contributed by atoms with Gasteiger partial charge in [-0.3, -0.25) is 0 Å². The van der Waals surface area contributed by atoms with Crippen molar-refractivity contribution in [2.75, 3.05) is 5.32 Å². The van der Waals surface area contributed by atoms with Crippen molar-refractivity contribution in [1.29, 1.82) is 0 Å². The molecule has 4 heteroatoms. The van der Waals surface area contributed by atoms with Crippen LogP contribution in [0.15, 0.2) is 29.6 Å². The summed E-state index contributed by atoms with van der Waals surface area (Å²) in [5.74, 6) is 0. The lowest BCUT2D eigenvalue weighted by atomic mass is 10.2. The summed E-state index contributed by atoms with van der Waals surface area (Å²) in [7, 11) is 0. The number of nitrogens with one attached hydrogen (secondary N) is 1. The van der Waals surface area contributed by atoms with Crippen molar-refractivity contribution in [1.82, 2.24) is 4.98 Å². The fourth-order valence-corrected chi connectivity index (χ4v) is 1.97. The second kappa shape index (κ2) is 4.42. The van der Waals surface area contributed by atoms with Gasteiger partial charge in [-0.25, -0.2) is 4.98 Å². The average molecular weight is 219 g/mol. The Kier molecular flexibility index (Phi) is 2.99. The number of aromatic nitrogens is 1. The Morgan fingerprint density at radius 3 is 2.60 bits per heavy atom. The lowest BCUT2D eigenvalue weighted by molar-refractivity contribution is 1.07. The summed E-state index contributed by atoms with van der Waals surface area (Å²) < 4.78 is 0. The van der Waals surface area contributed by atoms with E-state index < -0.39 is 0 Å². The Balaban J connectivity index is 2.11. The number of aryl methyl sites for hydroxylation is 1. The highest BCUT2D eigenvalue weighted by molar-refractivity contribution is 7.13. The average Bonchev–Trinajstić information content (AvgIpc) is 2.65. The molecule has 0 aliphatic rings. The number of hydrogen-bond acceptors (Lipinski definition) is 4. The minimum absolute atomic E-state index is 0.580. The van der Waals surface area contributed by atoms with E-state index in [1.807, 2.05) is 36.6 Å². The number of benzene rings is 1. The monoisotopic (exact) mass is 219 g/mol. The molecule has 0 saturated heterocycles. The van der Waals surface area contributed by atoms with Crippen LogP contribution in [0.25, 0.3) is 0 Å². The number of rotatable bonds is 3. The van der Waals surface area contributed by atoms with Crippen molar-refractivity contribution in [2.24, 2.45) is 5.73 Å². The largest absolute Gasteiger partial charge is 0.332 e. The van der Waals surface area contributed by atoms with Gasteiger partial charge < -0.3 is 11.1 Å². The molecule has 0 amide bonds. The molecule has 0 radical (unpaired) electrons. The van der Waals surface area contributed by atoms with E-state index in [0.29, 0.717) is 6.54 Å². The maximum absolute atomic E-state index is 5.53. The van der Waals surface area contributed by atoms with Crippen LogP contribution in [0, 0.1) is 6.92 Å². The Morgan fingerprint density at radius 1 is 1.33 bits per heavy atom. The van der Waals surface area contributed by atoms with Crippen LogP contribution in [0.3, 0.4) is 0 Å². The molecule has 1 heterocycles. The topological polar surface area (TPSA) is 50.9 Å². The molecule has 0 atom stereocenters. The van der Waals surface area contributed by atoms with E-state index in [0.717, 1.165) is 22.1 Å². The van der Waals surface area contributed by atoms with Gasteiger partial charge in [-0.1, -0.05) is 12.1 Å². The number of thiazole rings is 1. The molecule has 0 fully saturated rings. The van der Waals surface area contributed by atoms with Crippen molar-refractivity contribution in [3.8, 4) is 0 Å². The van der Waals surface area contributed by atoms with E-state index in [9.17, 15) is 0 Å². The summed E-state index contributed by atoms with van der Waals surface area (Å²) in [6.07, 6.45) is 0. The van der Waals surface area contributed by atoms with Gasteiger partial charge in [0.25, 0.3) is 0 Å². The smallest absolute Gasteiger partial charge is 0.187 e. The molecular weight excluding hydrogens is 206 g/mol. The number of hydrogen-bond donors (Lipinski definition) is 2. The van der Waals surface area contributed by atoms with Crippen LogP contribution in [0.5, 0.6) is 0 Å². The minimum atomic E-state index is 0.580. The van der Waals surface area contributed by atoms with E-state index in [2.05, 4.69) is 10.3 Å². The summed E-state index contributed by atoms with van der Waals surface area (Å²) in [6, 6.07) is 8.06. The molecule has 78 valence electrons. The fraction of sp³-hybridized carbons (Fsp3) is 0.182.